The van der Waals surface area contributed by atoms with Crippen molar-refractivity contribution in [3.8, 4) is 28.7 Å². The number of ether oxygens (including phenoxy) is 5. The van der Waals surface area contributed by atoms with E-state index >= 15 is 0 Å². The molecular weight excluding hydrogens is 406 g/mol. The first-order valence-electron chi connectivity index (χ1n) is 10.8. The van der Waals surface area contributed by atoms with Crippen LogP contribution in [0.15, 0.2) is 54.6 Å². The maximum absolute atomic E-state index is 6.23. The average molecular weight is 431 g/mol. The number of hydrogen-bond donors (Lipinski definition) is 0. The molecule has 32 heavy (non-hydrogen) atoms. The van der Waals surface area contributed by atoms with Gasteiger partial charge in [-0.25, -0.2) is 0 Å². The second-order valence-corrected chi connectivity index (χ2v) is 8.46. The number of rotatable bonds is 4. The van der Waals surface area contributed by atoms with Gasteiger partial charge in [0.25, 0.3) is 0 Å². The molecule has 0 aromatic heterocycles. The number of benzene rings is 3. The van der Waals surface area contributed by atoms with Crippen molar-refractivity contribution in [2.24, 2.45) is 0 Å². The third-order valence-corrected chi connectivity index (χ3v) is 6.64. The van der Waals surface area contributed by atoms with Gasteiger partial charge in [0.2, 0.25) is 0 Å². The molecule has 0 saturated heterocycles. The van der Waals surface area contributed by atoms with Gasteiger partial charge in [0.1, 0.15) is 37.1 Å². The van der Waals surface area contributed by atoms with Crippen molar-refractivity contribution in [1.82, 2.24) is 0 Å². The average Bonchev–Trinajstić information content (AvgIpc) is 3.35. The van der Waals surface area contributed by atoms with Crippen molar-refractivity contribution in [2.45, 2.75) is 12.0 Å². The van der Waals surface area contributed by atoms with E-state index in [0.29, 0.717) is 19.8 Å². The van der Waals surface area contributed by atoms with Gasteiger partial charge in [-0.3, -0.25) is 0 Å². The summed E-state index contributed by atoms with van der Waals surface area (Å²) < 4.78 is 28.9. The Balaban J connectivity index is 1.41. The summed E-state index contributed by atoms with van der Waals surface area (Å²) in [5.41, 5.74) is 4.56. The Bertz CT molecular complexity index is 1170. The van der Waals surface area contributed by atoms with Gasteiger partial charge in [-0.1, -0.05) is 18.2 Å². The summed E-state index contributed by atoms with van der Waals surface area (Å²) >= 11 is 0. The predicted octanol–water partition coefficient (Wildman–Crippen LogP) is 4.17. The predicted molar refractivity (Wildman–Crippen MR) is 121 cm³/mol. The van der Waals surface area contributed by atoms with Crippen molar-refractivity contribution in [3.05, 3.63) is 71.3 Å². The summed E-state index contributed by atoms with van der Waals surface area (Å²) in [5.74, 6) is 4.03. The Hall–Kier alpha value is -3.54. The lowest BCUT2D eigenvalue weighted by Gasteiger charge is -2.26. The van der Waals surface area contributed by atoms with Crippen molar-refractivity contribution < 1.29 is 23.7 Å². The van der Waals surface area contributed by atoms with Crippen LogP contribution in [0.1, 0.15) is 16.7 Å². The van der Waals surface area contributed by atoms with Gasteiger partial charge in [-0.05, 0) is 35.4 Å². The minimum Gasteiger partial charge on any atom is -0.497 e. The molecule has 0 aliphatic carbocycles. The lowest BCUT2D eigenvalue weighted by atomic mass is 9.77. The van der Waals surface area contributed by atoms with E-state index in [1.165, 1.54) is 16.8 Å². The summed E-state index contributed by atoms with van der Waals surface area (Å²) in [7, 11) is 3.36. The highest BCUT2D eigenvalue weighted by Crippen LogP contribution is 2.54. The van der Waals surface area contributed by atoms with Crippen LogP contribution >= 0.6 is 0 Å². The van der Waals surface area contributed by atoms with Gasteiger partial charge in [-0.2, -0.15) is 0 Å². The summed E-state index contributed by atoms with van der Waals surface area (Å²) in [6, 6.07) is 18.7. The third kappa shape index (κ3) is 2.86. The lowest BCUT2D eigenvalue weighted by Crippen LogP contribution is -2.36. The molecule has 6 rings (SSSR count). The van der Waals surface area contributed by atoms with Crippen LogP contribution in [0, 0.1) is 0 Å². The van der Waals surface area contributed by atoms with Gasteiger partial charge in [0, 0.05) is 36.5 Å². The Kier molecular flexibility index (Phi) is 4.35. The Morgan fingerprint density at radius 3 is 2.28 bits per heavy atom. The summed E-state index contributed by atoms with van der Waals surface area (Å²) in [5, 5.41) is 0. The van der Waals surface area contributed by atoms with Crippen molar-refractivity contribution >= 4 is 5.69 Å². The highest BCUT2D eigenvalue weighted by molar-refractivity contribution is 5.71. The summed E-state index contributed by atoms with van der Waals surface area (Å²) in [6.45, 7) is 3.29. The standard InChI is InChI=1S/C26H25NO5/c1-28-18-9-17(10-19(11-18)29-2)14-27-15-26(20-5-3-4-6-22(20)27)16-32-23-13-25-24(12-21(23)26)30-7-8-31-25/h3-6,9-13H,7-8,14-16H2,1-2H3. The van der Waals surface area contributed by atoms with Crippen LogP contribution in [-0.2, 0) is 12.0 Å². The van der Waals surface area contributed by atoms with Gasteiger partial charge < -0.3 is 28.6 Å². The molecule has 0 saturated carbocycles. The molecule has 1 spiro atoms. The van der Waals surface area contributed by atoms with E-state index in [2.05, 4.69) is 47.4 Å². The lowest BCUT2D eigenvalue weighted by molar-refractivity contribution is 0.171. The van der Waals surface area contributed by atoms with Crippen LogP contribution in [0.4, 0.5) is 5.69 Å². The van der Waals surface area contributed by atoms with Gasteiger partial charge in [0.05, 0.1) is 19.6 Å². The maximum atomic E-state index is 6.23. The van der Waals surface area contributed by atoms with Crippen LogP contribution in [0.5, 0.6) is 28.7 Å². The quantitative estimate of drug-likeness (QED) is 0.618. The first-order valence-corrected chi connectivity index (χ1v) is 10.8. The first kappa shape index (κ1) is 19.2. The van der Waals surface area contributed by atoms with Gasteiger partial charge >= 0.3 is 0 Å². The number of hydrogen-bond acceptors (Lipinski definition) is 6. The molecule has 1 unspecified atom stereocenters. The number of fused-ring (bicyclic) bond motifs is 5. The normalized spacial score (nSPS) is 20.0. The summed E-state index contributed by atoms with van der Waals surface area (Å²) in [6.07, 6.45) is 0. The molecule has 3 aliphatic heterocycles. The number of methoxy groups -OCH3 is 2. The Morgan fingerprint density at radius 1 is 0.812 bits per heavy atom. The van der Waals surface area contributed by atoms with E-state index in [4.69, 9.17) is 23.7 Å². The largest absolute Gasteiger partial charge is 0.497 e. The van der Waals surface area contributed by atoms with Crippen molar-refractivity contribution in [2.75, 3.05) is 45.5 Å². The second kappa shape index (κ2) is 7.26. The molecular formula is C26H25NO5. The van der Waals surface area contributed by atoms with Crippen molar-refractivity contribution in [3.63, 3.8) is 0 Å². The van der Waals surface area contributed by atoms with Gasteiger partial charge in [0.15, 0.2) is 11.5 Å². The smallest absolute Gasteiger partial charge is 0.165 e. The Morgan fingerprint density at radius 2 is 1.53 bits per heavy atom. The molecule has 1 atom stereocenters. The number of anilines is 1. The van der Waals surface area contributed by atoms with E-state index in [9.17, 15) is 0 Å². The van der Waals surface area contributed by atoms with E-state index < -0.39 is 0 Å². The minimum atomic E-state index is -0.245. The fourth-order valence-corrected chi connectivity index (χ4v) is 5.17. The molecule has 0 fully saturated rings. The SMILES string of the molecule is COc1cc(CN2CC3(COc4cc5c(cc43)OCCO5)c3ccccc32)cc(OC)c1. The zero-order valence-corrected chi connectivity index (χ0v) is 18.2. The fourth-order valence-electron chi connectivity index (χ4n) is 5.17. The van der Waals surface area contributed by atoms with Crippen molar-refractivity contribution in [1.29, 1.82) is 0 Å². The molecule has 0 N–H and O–H groups in total. The molecule has 3 aromatic carbocycles. The van der Waals surface area contributed by atoms with E-state index in [0.717, 1.165) is 47.4 Å². The zero-order chi connectivity index (χ0) is 21.7. The van der Waals surface area contributed by atoms with E-state index in [1.54, 1.807) is 14.2 Å². The van der Waals surface area contributed by atoms with Gasteiger partial charge in [-0.15, -0.1) is 0 Å². The van der Waals surface area contributed by atoms with Crippen LogP contribution in [0.3, 0.4) is 0 Å². The Labute approximate surface area is 187 Å². The molecule has 3 aromatic rings. The molecule has 0 amide bonds. The van der Waals surface area contributed by atoms with E-state index in [1.807, 2.05) is 12.1 Å². The molecule has 0 bridgehead atoms. The molecule has 0 radical (unpaired) electrons. The highest BCUT2D eigenvalue weighted by atomic mass is 16.6. The van der Waals surface area contributed by atoms with E-state index in [-0.39, 0.29) is 5.41 Å². The fraction of sp³-hybridized carbons (Fsp3) is 0.308. The second-order valence-electron chi connectivity index (χ2n) is 8.46. The number of nitrogens with zero attached hydrogens (tertiary/aromatic N) is 1. The van der Waals surface area contributed by atoms with Crippen LogP contribution in [0.25, 0.3) is 0 Å². The molecule has 6 heteroatoms. The van der Waals surface area contributed by atoms with Crippen LogP contribution in [0.2, 0.25) is 0 Å². The first-order chi connectivity index (χ1) is 15.7. The number of para-hydroxylation sites is 1. The van der Waals surface area contributed by atoms with Crippen LogP contribution < -0.4 is 28.6 Å². The molecule has 3 aliphatic rings. The minimum absolute atomic E-state index is 0.245. The summed E-state index contributed by atoms with van der Waals surface area (Å²) in [4.78, 5) is 2.42. The molecule has 6 nitrogen and oxygen atoms in total. The topological polar surface area (TPSA) is 49.4 Å². The highest BCUT2D eigenvalue weighted by Gasteiger charge is 2.50. The maximum Gasteiger partial charge on any atom is 0.165 e. The monoisotopic (exact) mass is 431 g/mol. The molecule has 164 valence electrons. The zero-order valence-electron chi connectivity index (χ0n) is 18.2. The molecule has 3 heterocycles. The van der Waals surface area contributed by atoms with Crippen LogP contribution in [-0.4, -0.2) is 40.6 Å². The third-order valence-electron chi connectivity index (χ3n) is 6.64.